The van der Waals surface area contributed by atoms with Crippen LogP contribution < -0.4 is 15.6 Å². The van der Waals surface area contributed by atoms with E-state index in [0.717, 1.165) is 22.6 Å². The van der Waals surface area contributed by atoms with E-state index in [2.05, 4.69) is 5.32 Å². The summed E-state index contributed by atoms with van der Waals surface area (Å²) in [7, 11) is 1.62. The smallest absolute Gasteiger partial charge is 0.262 e. The number of benzene rings is 3. The van der Waals surface area contributed by atoms with Crippen molar-refractivity contribution < 1.29 is 9.53 Å². The number of methoxy groups -OCH3 is 1. The van der Waals surface area contributed by atoms with Crippen molar-refractivity contribution in [3.8, 4) is 5.75 Å². The molecular formula is C26H25N3O3S. The summed E-state index contributed by atoms with van der Waals surface area (Å²) in [5.41, 5.74) is 3.18. The molecule has 6 nitrogen and oxygen atoms in total. The Bertz CT molecular complexity index is 1350. The van der Waals surface area contributed by atoms with E-state index in [0.29, 0.717) is 22.6 Å². The summed E-state index contributed by atoms with van der Waals surface area (Å²) in [6, 6.07) is 22.5. The summed E-state index contributed by atoms with van der Waals surface area (Å²) >= 11 is 1.27. The lowest BCUT2D eigenvalue weighted by Crippen LogP contribution is -2.27. The van der Waals surface area contributed by atoms with Crippen LogP contribution in [0.1, 0.15) is 18.1 Å². The molecule has 0 bridgehead atoms. The van der Waals surface area contributed by atoms with Gasteiger partial charge in [-0.2, -0.15) is 0 Å². The predicted molar refractivity (Wildman–Crippen MR) is 133 cm³/mol. The molecule has 1 amide bonds. The fourth-order valence-electron chi connectivity index (χ4n) is 3.45. The first-order valence-corrected chi connectivity index (χ1v) is 11.5. The third kappa shape index (κ3) is 5.09. The maximum Gasteiger partial charge on any atom is 0.262 e. The minimum Gasteiger partial charge on any atom is -0.497 e. The maximum atomic E-state index is 13.3. The molecule has 0 saturated carbocycles. The van der Waals surface area contributed by atoms with Gasteiger partial charge in [-0.15, -0.1) is 0 Å². The summed E-state index contributed by atoms with van der Waals surface area (Å²) < 4.78 is 6.86. The van der Waals surface area contributed by atoms with E-state index in [1.54, 1.807) is 17.7 Å². The quantitative estimate of drug-likeness (QED) is 0.315. The second-order valence-electron chi connectivity index (χ2n) is 7.72. The van der Waals surface area contributed by atoms with Crippen LogP contribution in [0.25, 0.3) is 10.9 Å². The SMILES string of the molecule is COc1ccc(Cn2c(SC(C)C(=O)Nc3ccccc3C)nc3ccccc3c2=O)cc1. The van der Waals surface area contributed by atoms with Crippen LogP contribution in [0.2, 0.25) is 0 Å². The first-order valence-electron chi connectivity index (χ1n) is 10.6. The molecule has 168 valence electrons. The van der Waals surface area contributed by atoms with Gasteiger partial charge in [0.1, 0.15) is 5.75 Å². The number of hydrogen-bond acceptors (Lipinski definition) is 5. The molecule has 33 heavy (non-hydrogen) atoms. The Balaban J connectivity index is 1.66. The first-order chi connectivity index (χ1) is 16.0. The Morgan fingerprint density at radius 1 is 1.06 bits per heavy atom. The molecule has 7 heteroatoms. The zero-order chi connectivity index (χ0) is 23.4. The molecule has 3 aromatic carbocycles. The molecule has 0 fully saturated rings. The molecule has 0 saturated heterocycles. The van der Waals surface area contributed by atoms with Crippen LogP contribution in [0.3, 0.4) is 0 Å². The highest BCUT2D eigenvalue weighted by molar-refractivity contribution is 8.00. The van der Waals surface area contributed by atoms with E-state index in [1.807, 2.05) is 80.6 Å². The molecule has 0 aliphatic heterocycles. The number of para-hydroxylation sites is 2. The number of rotatable bonds is 7. The van der Waals surface area contributed by atoms with E-state index >= 15 is 0 Å². The molecule has 1 heterocycles. The second-order valence-corrected chi connectivity index (χ2v) is 9.02. The number of fused-ring (bicyclic) bond motifs is 1. The Morgan fingerprint density at radius 2 is 1.76 bits per heavy atom. The summed E-state index contributed by atoms with van der Waals surface area (Å²) in [4.78, 5) is 31.0. The fourth-order valence-corrected chi connectivity index (χ4v) is 4.36. The summed E-state index contributed by atoms with van der Waals surface area (Å²) in [5, 5.41) is 3.57. The minimum absolute atomic E-state index is 0.134. The molecule has 4 aromatic rings. The van der Waals surface area contributed by atoms with Gasteiger partial charge in [0.05, 0.1) is 29.8 Å². The summed E-state index contributed by atoms with van der Waals surface area (Å²) in [6.07, 6.45) is 0. The lowest BCUT2D eigenvalue weighted by Gasteiger charge is -2.17. The number of aromatic nitrogens is 2. The van der Waals surface area contributed by atoms with E-state index in [-0.39, 0.29) is 11.5 Å². The van der Waals surface area contributed by atoms with Gasteiger partial charge in [-0.05, 0) is 55.3 Å². The zero-order valence-corrected chi connectivity index (χ0v) is 19.6. The van der Waals surface area contributed by atoms with Crippen LogP contribution >= 0.6 is 11.8 Å². The van der Waals surface area contributed by atoms with E-state index < -0.39 is 5.25 Å². The van der Waals surface area contributed by atoms with Gasteiger partial charge in [-0.1, -0.05) is 54.2 Å². The van der Waals surface area contributed by atoms with Gasteiger partial charge < -0.3 is 10.1 Å². The van der Waals surface area contributed by atoms with Gasteiger partial charge in [0.15, 0.2) is 5.16 Å². The van der Waals surface area contributed by atoms with Crippen LogP contribution in [0, 0.1) is 6.92 Å². The van der Waals surface area contributed by atoms with E-state index in [1.165, 1.54) is 11.8 Å². The van der Waals surface area contributed by atoms with Gasteiger partial charge in [0, 0.05) is 5.69 Å². The van der Waals surface area contributed by atoms with Crippen LogP contribution in [0.4, 0.5) is 5.69 Å². The van der Waals surface area contributed by atoms with Crippen molar-refractivity contribution in [2.75, 3.05) is 12.4 Å². The second kappa shape index (κ2) is 9.92. The number of carbonyl (C=O) groups excluding carboxylic acids is 1. The highest BCUT2D eigenvalue weighted by atomic mass is 32.2. The Morgan fingerprint density at radius 3 is 2.48 bits per heavy atom. The van der Waals surface area contributed by atoms with Crippen molar-refractivity contribution in [1.29, 1.82) is 0 Å². The van der Waals surface area contributed by atoms with Crippen molar-refractivity contribution in [2.24, 2.45) is 0 Å². The molecule has 1 aromatic heterocycles. The summed E-state index contributed by atoms with van der Waals surface area (Å²) in [6.45, 7) is 4.11. The number of anilines is 1. The van der Waals surface area contributed by atoms with Gasteiger partial charge in [0.25, 0.3) is 5.56 Å². The third-order valence-electron chi connectivity index (χ3n) is 5.38. The highest BCUT2D eigenvalue weighted by Crippen LogP contribution is 2.25. The minimum atomic E-state index is -0.459. The number of ether oxygens (including phenoxy) is 1. The van der Waals surface area contributed by atoms with Gasteiger partial charge in [-0.25, -0.2) is 4.98 Å². The maximum absolute atomic E-state index is 13.3. The van der Waals surface area contributed by atoms with Crippen LogP contribution in [0.5, 0.6) is 5.75 Å². The largest absolute Gasteiger partial charge is 0.497 e. The number of nitrogens with zero attached hydrogens (tertiary/aromatic N) is 2. The van der Waals surface area contributed by atoms with Gasteiger partial charge in [0.2, 0.25) is 5.91 Å². The third-order valence-corrected chi connectivity index (χ3v) is 6.47. The van der Waals surface area contributed by atoms with Crippen molar-refractivity contribution in [3.05, 3.63) is 94.3 Å². The van der Waals surface area contributed by atoms with Crippen molar-refractivity contribution in [1.82, 2.24) is 9.55 Å². The zero-order valence-electron chi connectivity index (χ0n) is 18.7. The molecular weight excluding hydrogens is 434 g/mol. The molecule has 0 aliphatic carbocycles. The van der Waals surface area contributed by atoms with Crippen molar-refractivity contribution >= 4 is 34.3 Å². The molecule has 0 aliphatic rings. The number of amides is 1. The Labute approximate surface area is 196 Å². The highest BCUT2D eigenvalue weighted by Gasteiger charge is 2.20. The lowest BCUT2D eigenvalue weighted by atomic mass is 10.2. The number of aryl methyl sites for hydroxylation is 1. The average molecular weight is 460 g/mol. The van der Waals surface area contributed by atoms with Gasteiger partial charge in [-0.3, -0.25) is 14.2 Å². The number of thioether (sulfide) groups is 1. The Hall–Kier alpha value is -3.58. The normalized spacial score (nSPS) is 11.8. The van der Waals surface area contributed by atoms with Crippen LogP contribution in [-0.4, -0.2) is 27.8 Å². The predicted octanol–water partition coefficient (Wildman–Crippen LogP) is 4.88. The monoisotopic (exact) mass is 459 g/mol. The molecule has 1 atom stereocenters. The molecule has 0 spiro atoms. The van der Waals surface area contributed by atoms with Crippen molar-refractivity contribution in [2.45, 2.75) is 30.8 Å². The lowest BCUT2D eigenvalue weighted by molar-refractivity contribution is -0.115. The number of carbonyl (C=O) groups is 1. The van der Waals surface area contributed by atoms with E-state index in [4.69, 9.17) is 9.72 Å². The van der Waals surface area contributed by atoms with Crippen molar-refractivity contribution in [3.63, 3.8) is 0 Å². The van der Waals surface area contributed by atoms with Crippen LogP contribution in [0.15, 0.2) is 82.7 Å². The average Bonchev–Trinajstić information content (AvgIpc) is 2.83. The standard InChI is InChI=1S/C26H25N3O3S/c1-17-8-4-6-10-22(17)27-24(30)18(2)33-26-28-23-11-7-5-9-21(23)25(31)29(26)16-19-12-14-20(32-3)15-13-19/h4-15,18H,16H2,1-3H3,(H,27,30). The number of hydrogen-bond donors (Lipinski definition) is 1. The first kappa shape index (κ1) is 22.6. The Kier molecular flexibility index (Phi) is 6.79. The topological polar surface area (TPSA) is 73.2 Å². The number of nitrogens with one attached hydrogen (secondary N) is 1. The summed E-state index contributed by atoms with van der Waals surface area (Å²) in [5.74, 6) is 0.603. The van der Waals surface area contributed by atoms with Gasteiger partial charge >= 0.3 is 0 Å². The molecule has 4 rings (SSSR count). The van der Waals surface area contributed by atoms with Crippen LogP contribution in [-0.2, 0) is 11.3 Å². The van der Waals surface area contributed by atoms with E-state index in [9.17, 15) is 9.59 Å². The molecule has 1 N–H and O–H groups in total. The fraction of sp³-hybridized carbons (Fsp3) is 0.192. The molecule has 0 radical (unpaired) electrons. The molecule has 1 unspecified atom stereocenters.